The average Bonchev–Trinajstić information content (AvgIpc) is 3.27. The lowest BCUT2D eigenvalue weighted by atomic mass is 10.3. The maximum Gasteiger partial charge on any atom is 0.287 e. The van der Waals surface area contributed by atoms with E-state index in [2.05, 4.69) is 26.3 Å². The van der Waals surface area contributed by atoms with Gasteiger partial charge < -0.3 is 19.2 Å². The second kappa shape index (κ2) is 8.77. The molecule has 3 aromatic rings. The van der Waals surface area contributed by atoms with Gasteiger partial charge >= 0.3 is 0 Å². The molecule has 0 unspecified atom stereocenters. The number of hydrogen-bond acceptors (Lipinski definition) is 5. The number of nitrogens with zero attached hydrogens (tertiary/aromatic N) is 2. The molecule has 27 heavy (non-hydrogen) atoms. The highest BCUT2D eigenvalue weighted by Crippen LogP contribution is 2.19. The Hall–Kier alpha value is -2.74. The highest BCUT2D eigenvalue weighted by Gasteiger charge is 2.13. The molecular formula is C19H20BrN3O4. The second-order valence-corrected chi connectivity index (χ2v) is 6.56. The third kappa shape index (κ3) is 4.91. The summed E-state index contributed by atoms with van der Waals surface area (Å²) >= 11 is 3.40. The minimum atomic E-state index is -0.296. The Morgan fingerprint density at radius 1 is 1.19 bits per heavy atom. The zero-order chi connectivity index (χ0) is 19.2. The summed E-state index contributed by atoms with van der Waals surface area (Å²) in [6.07, 6.45) is 1.69. The van der Waals surface area contributed by atoms with Crippen molar-refractivity contribution in [1.29, 1.82) is 0 Å². The molecule has 0 aliphatic rings. The van der Waals surface area contributed by atoms with Crippen molar-refractivity contribution in [3.63, 3.8) is 0 Å². The number of rotatable bonds is 8. The predicted molar refractivity (Wildman–Crippen MR) is 103 cm³/mol. The summed E-state index contributed by atoms with van der Waals surface area (Å²) in [6.45, 7) is 3.13. The Labute approximate surface area is 165 Å². The smallest absolute Gasteiger partial charge is 0.287 e. The molecule has 1 N–H and O–H groups in total. The van der Waals surface area contributed by atoms with Crippen LogP contribution in [0, 0.1) is 0 Å². The van der Waals surface area contributed by atoms with Gasteiger partial charge in [-0.1, -0.05) is 0 Å². The molecule has 142 valence electrons. The van der Waals surface area contributed by atoms with Crippen molar-refractivity contribution in [2.75, 3.05) is 6.61 Å². The Kier molecular flexibility index (Phi) is 6.18. The summed E-state index contributed by atoms with van der Waals surface area (Å²) in [5.41, 5.74) is 0.869. The SMILES string of the molecule is CCOc1ccc(OCc2ccc(C(=O)NCc3c(Br)cnn3C)o2)cc1. The van der Waals surface area contributed by atoms with Gasteiger partial charge in [-0.05, 0) is 59.3 Å². The topological polar surface area (TPSA) is 78.5 Å². The maximum atomic E-state index is 12.2. The van der Waals surface area contributed by atoms with Crippen molar-refractivity contribution in [2.45, 2.75) is 20.1 Å². The van der Waals surface area contributed by atoms with E-state index >= 15 is 0 Å². The van der Waals surface area contributed by atoms with E-state index in [1.54, 1.807) is 23.0 Å². The lowest BCUT2D eigenvalue weighted by molar-refractivity contribution is 0.0918. The molecule has 0 spiro atoms. The Bertz CT molecular complexity index is 883. The van der Waals surface area contributed by atoms with Gasteiger partial charge in [0.05, 0.1) is 29.5 Å². The number of amides is 1. The summed E-state index contributed by atoms with van der Waals surface area (Å²) in [7, 11) is 1.81. The Balaban J connectivity index is 1.52. The molecule has 0 radical (unpaired) electrons. The van der Waals surface area contributed by atoms with Crippen molar-refractivity contribution in [2.24, 2.45) is 7.05 Å². The minimum Gasteiger partial charge on any atom is -0.494 e. The molecule has 0 fully saturated rings. The summed E-state index contributed by atoms with van der Waals surface area (Å²) in [6, 6.07) is 10.7. The van der Waals surface area contributed by atoms with Crippen LogP contribution in [-0.4, -0.2) is 22.3 Å². The molecule has 1 amide bonds. The van der Waals surface area contributed by atoms with Crippen LogP contribution in [0.25, 0.3) is 0 Å². The van der Waals surface area contributed by atoms with Crippen LogP contribution in [0.5, 0.6) is 11.5 Å². The average molecular weight is 434 g/mol. The van der Waals surface area contributed by atoms with Crippen LogP contribution in [0.3, 0.4) is 0 Å². The number of nitrogens with one attached hydrogen (secondary N) is 1. The molecule has 0 bridgehead atoms. The van der Waals surface area contributed by atoms with Gasteiger partial charge in [0, 0.05) is 7.05 Å². The number of carbonyl (C=O) groups is 1. The molecule has 2 heterocycles. The van der Waals surface area contributed by atoms with Crippen molar-refractivity contribution in [1.82, 2.24) is 15.1 Å². The number of benzene rings is 1. The molecule has 1 aromatic carbocycles. The van der Waals surface area contributed by atoms with E-state index in [-0.39, 0.29) is 18.3 Å². The fourth-order valence-electron chi connectivity index (χ4n) is 2.42. The molecule has 8 heteroatoms. The third-order valence-corrected chi connectivity index (χ3v) is 4.49. The van der Waals surface area contributed by atoms with Gasteiger partial charge in [-0.15, -0.1) is 0 Å². The number of ether oxygens (including phenoxy) is 2. The van der Waals surface area contributed by atoms with Crippen LogP contribution >= 0.6 is 15.9 Å². The Morgan fingerprint density at radius 3 is 2.52 bits per heavy atom. The minimum absolute atomic E-state index is 0.231. The monoisotopic (exact) mass is 433 g/mol. The van der Waals surface area contributed by atoms with Crippen LogP contribution < -0.4 is 14.8 Å². The molecule has 0 atom stereocenters. The van der Waals surface area contributed by atoms with E-state index in [9.17, 15) is 4.79 Å². The molecule has 2 aromatic heterocycles. The van der Waals surface area contributed by atoms with Crippen molar-refractivity contribution in [3.05, 3.63) is 64.3 Å². The first-order valence-electron chi connectivity index (χ1n) is 8.45. The first-order valence-corrected chi connectivity index (χ1v) is 9.25. The van der Waals surface area contributed by atoms with Crippen LogP contribution in [0.4, 0.5) is 0 Å². The van der Waals surface area contributed by atoms with Gasteiger partial charge in [0.1, 0.15) is 23.9 Å². The molecule has 0 saturated heterocycles. The summed E-state index contributed by atoms with van der Waals surface area (Å²) in [4.78, 5) is 12.2. The number of furan rings is 1. The standard InChI is InChI=1S/C19H20BrN3O4/c1-3-25-13-4-6-14(7-5-13)26-12-15-8-9-18(27-15)19(24)21-11-17-16(20)10-22-23(17)2/h4-10H,3,11-12H2,1-2H3,(H,21,24). The number of aryl methyl sites for hydroxylation is 1. The van der Waals surface area contributed by atoms with Gasteiger partial charge in [0.2, 0.25) is 0 Å². The van der Waals surface area contributed by atoms with E-state index in [1.165, 1.54) is 0 Å². The van der Waals surface area contributed by atoms with Crippen molar-refractivity contribution < 1.29 is 18.7 Å². The molecule has 0 saturated carbocycles. The van der Waals surface area contributed by atoms with E-state index in [0.29, 0.717) is 24.7 Å². The lowest BCUT2D eigenvalue weighted by Crippen LogP contribution is -2.23. The van der Waals surface area contributed by atoms with Gasteiger partial charge in [0.25, 0.3) is 5.91 Å². The van der Waals surface area contributed by atoms with Gasteiger partial charge in [0.15, 0.2) is 5.76 Å². The maximum absolute atomic E-state index is 12.2. The predicted octanol–water partition coefficient (Wildman–Crippen LogP) is 3.68. The zero-order valence-corrected chi connectivity index (χ0v) is 16.7. The Morgan fingerprint density at radius 2 is 1.89 bits per heavy atom. The molecular weight excluding hydrogens is 414 g/mol. The highest BCUT2D eigenvalue weighted by atomic mass is 79.9. The van der Waals surface area contributed by atoms with Gasteiger partial charge in [-0.2, -0.15) is 5.10 Å². The highest BCUT2D eigenvalue weighted by molar-refractivity contribution is 9.10. The van der Waals surface area contributed by atoms with Crippen molar-refractivity contribution in [3.8, 4) is 11.5 Å². The summed E-state index contributed by atoms with van der Waals surface area (Å²) in [5, 5.41) is 6.92. The van der Waals surface area contributed by atoms with E-state index in [0.717, 1.165) is 15.9 Å². The van der Waals surface area contributed by atoms with E-state index < -0.39 is 0 Å². The van der Waals surface area contributed by atoms with E-state index in [4.69, 9.17) is 13.9 Å². The van der Waals surface area contributed by atoms with Gasteiger partial charge in [-0.25, -0.2) is 0 Å². The first kappa shape index (κ1) is 19.0. The number of aromatic nitrogens is 2. The van der Waals surface area contributed by atoms with Gasteiger partial charge in [-0.3, -0.25) is 9.48 Å². The third-order valence-electron chi connectivity index (χ3n) is 3.83. The largest absolute Gasteiger partial charge is 0.494 e. The summed E-state index contributed by atoms with van der Waals surface area (Å²) in [5.74, 6) is 1.99. The normalized spacial score (nSPS) is 10.6. The zero-order valence-electron chi connectivity index (χ0n) is 15.1. The summed E-state index contributed by atoms with van der Waals surface area (Å²) < 4.78 is 19.2. The first-order chi connectivity index (χ1) is 13.1. The molecule has 3 rings (SSSR count). The van der Waals surface area contributed by atoms with Crippen LogP contribution in [0.1, 0.15) is 28.9 Å². The van der Waals surface area contributed by atoms with Crippen molar-refractivity contribution >= 4 is 21.8 Å². The molecule has 0 aliphatic heterocycles. The van der Waals surface area contributed by atoms with Crippen LogP contribution in [0.2, 0.25) is 0 Å². The second-order valence-electron chi connectivity index (χ2n) is 5.70. The number of hydrogen-bond donors (Lipinski definition) is 1. The quantitative estimate of drug-likeness (QED) is 0.585. The fraction of sp³-hybridized carbons (Fsp3) is 0.263. The molecule has 0 aliphatic carbocycles. The number of carbonyl (C=O) groups excluding carboxylic acids is 1. The lowest BCUT2D eigenvalue weighted by Gasteiger charge is -2.06. The van der Waals surface area contributed by atoms with Crippen LogP contribution in [0.15, 0.2) is 51.5 Å². The number of halogens is 1. The van der Waals surface area contributed by atoms with E-state index in [1.807, 2.05) is 38.2 Å². The fourth-order valence-corrected chi connectivity index (χ4v) is 2.91. The van der Waals surface area contributed by atoms with Crippen LogP contribution in [-0.2, 0) is 20.2 Å². The molecule has 7 nitrogen and oxygen atoms in total.